The third-order valence-corrected chi connectivity index (χ3v) is 4.33. The molecule has 1 fully saturated rings. The van der Waals surface area contributed by atoms with Crippen LogP contribution in [0.2, 0.25) is 0 Å². The highest BCUT2D eigenvalue weighted by molar-refractivity contribution is 5.94. The molecule has 0 saturated heterocycles. The molecule has 3 N–H and O–H groups in total. The van der Waals surface area contributed by atoms with Crippen molar-refractivity contribution >= 4 is 11.6 Å². The van der Waals surface area contributed by atoms with Crippen molar-refractivity contribution in [1.29, 1.82) is 0 Å². The SMILES string of the molecule is CCCOc1ccc(C(F)(F)F)cc1NC(=O)[C@@H]1CCC[C@@H]1CN. The number of amides is 1. The van der Waals surface area contributed by atoms with E-state index >= 15 is 0 Å². The quantitative estimate of drug-likeness (QED) is 0.825. The molecule has 4 nitrogen and oxygen atoms in total. The molecule has 7 heteroatoms. The summed E-state index contributed by atoms with van der Waals surface area (Å²) in [4.78, 5) is 12.5. The maximum absolute atomic E-state index is 12.9. The summed E-state index contributed by atoms with van der Waals surface area (Å²) in [6.07, 6.45) is -1.28. The van der Waals surface area contributed by atoms with E-state index in [1.165, 1.54) is 6.07 Å². The molecule has 1 aliphatic rings. The smallest absolute Gasteiger partial charge is 0.416 e. The predicted molar refractivity (Wildman–Crippen MR) is 85.7 cm³/mol. The van der Waals surface area contributed by atoms with Crippen LogP contribution < -0.4 is 15.8 Å². The Kier molecular flexibility index (Phi) is 6.10. The molecule has 24 heavy (non-hydrogen) atoms. The van der Waals surface area contributed by atoms with Crippen LogP contribution in [-0.2, 0) is 11.0 Å². The summed E-state index contributed by atoms with van der Waals surface area (Å²) in [5.74, 6) is -0.219. The van der Waals surface area contributed by atoms with Crippen molar-refractivity contribution in [1.82, 2.24) is 0 Å². The Bertz CT molecular complexity index is 575. The van der Waals surface area contributed by atoms with Crippen LogP contribution in [0.5, 0.6) is 5.75 Å². The average Bonchev–Trinajstić information content (AvgIpc) is 3.01. The van der Waals surface area contributed by atoms with Gasteiger partial charge in [-0.15, -0.1) is 0 Å². The van der Waals surface area contributed by atoms with Crippen molar-refractivity contribution in [3.63, 3.8) is 0 Å². The number of hydrogen-bond acceptors (Lipinski definition) is 3. The fourth-order valence-corrected chi connectivity index (χ4v) is 3.03. The van der Waals surface area contributed by atoms with Gasteiger partial charge < -0.3 is 15.8 Å². The van der Waals surface area contributed by atoms with Gasteiger partial charge in [0.2, 0.25) is 5.91 Å². The maximum Gasteiger partial charge on any atom is 0.416 e. The molecular weight excluding hydrogens is 321 g/mol. The van der Waals surface area contributed by atoms with Gasteiger partial charge in [0.15, 0.2) is 0 Å². The zero-order valence-electron chi connectivity index (χ0n) is 13.7. The number of ether oxygens (including phenoxy) is 1. The van der Waals surface area contributed by atoms with E-state index < -0.39 is 11.7 Å². The summed E-state index contributed by atoms with van der Waals surface area (Å²) in [5.41, 5.74) is 4.92. The van der Waals surface area contributed by atoms with Gasteiger partial charge in [-0.2, -0.15) is 13.2 Å². The number of nitrogens with one attached hydrogen (secondary N) is 1. The van der Waals surface area contributed by atoms with Crippen LogP contribution in [0.1, 0.15) is 38.2 Å². The molecule has 1 aliphatic carbocycles. The Morgan fingerprint density at radius 1 is 1.38 bits per heavy atom. The van der Waals surface area contributed by atoms with Gasteiger partial charge in [0, 0.05) is 5.92 Å². The van der Waals surface area contributed by atoms with Gasteiger partial charge in [0.05, 0.1) is 17.9 Å². The summed E-state index contributed by atoms with van der Waals surface area (Å²) in [7, 11) is 0. The van der Waals surface area contributed by atoms with E-state index in [0.29, 0.717) is 26.0 Å². The lowest BCUT2D eigenvalue weighted by Gasteiger charge is -2.20. The average molecular weight is 344 g/mol. The minimum absolute atomic E-state index is 0.0611. The first kappa shape index (κ1) is 18.6. The number of benzene rings is 1. The van der Waals surface area contributed by atoms with Gasteiger partial charge in [-0.1, -0.05) is 13.3 Å². The van der Waals surface area contributed by atoms with Crippen LogP contribution in [0.3, 0.4) is 0 Å². The minimum atomic E-state index is -4.48. The van der Waals surface area contributed by atoms with E-state index in [4.69, 9.17) is 10.5 Å². The highest BCUT2D eigenvalue weighted by atomic mass is 19.4. The van der Waals surface area contributed by atoms with Crippen molar-refractivity contribution in [3.8, 4) is 5.75 Å². The van der Waals surface area contributed by atoms with Gasteiger partial charge in [0.25, 0.3) is 0 Å². The number of carbonyl (C=O) groups excluding carboxylic acids is 1. The first-order valence-electron chi connectivity index (χ1n) is 8.21. The lowest BCUT2D eigenvalue weighted by Crippen LogP contribution is -2.30. The van der Waals surface area contributed by atoms with E-state index in [2.05, 4.69) is 5.32 Å². The minimum Gasteiger partial charge on any atom is -0.491 e. The van der Waals surface area contributed by atoms with Crippen LogP contribution >= 0.6 is 0 Å². The summed E-state index contributed by atoms with van der Waals surface area (Å²) in [6.45, 7) is 2.66. The molecule has 0 bridgehead atoms. The normalized spacial score (nSPS) is 20.9. The molecule has 0 heterocycles. The molecule has 1 aromatic carbocycles. The van der Waals surface area contributed by atoms with E-state index in [9.17, 15) is 18.0 Å². The third-order valence-electron chi connectivity index (χ3n) is 4.33. The standard InChI is InChI=1S/C17H23F3N2O2/c1-2-8-24-15-7-6-12(17(18,19)20)9-14(15)22-16(23)13-5-3-4-11(13)10-21/h6-7,9,11,13H,2-5,8,10,21H2,1H3,(H,22,23)/t11-,13-/m1/s1. The fraction of sp³-hybridized carbons (Fsp3) is 0.588. The van der Waals surface area contributed by atoms with Crippen molar-refractivity contribution in [2.75, 3.05) is 18.5 Å². The lowest BCUT2D eigenvalue weighted by molar-refractivity contribution is -0.137. The summed E-state index contributed by atoms with van der Waals surface area (Å²) >= 11 is 0. The van der Waals surface area contributed by atoms with Crippen LogP contribution in [0.15, 0.2) is 18.2 Å². The Morgan fingerprint density at radius 3 is 2.75 bits per heavy atom. The van der Waals surface area contributed by atoms with Crippen molar-refractivity contribution in [2.45, 2.75) is 38.8 Å². The summed E-state index contributed by atoms with van der Waals surface area (Å²) in [5, 5.41) is 2.62. The van der Waals surface area contributed by atoms with E-state index in [1.54, 1.807) is 0 Å². The molecule has 134 valence electrons. The highest BCUT2D eigenvalue weighted by Gasteiger charge is 2.34. The predicted octanol–water partition coefficient (Wildman–Crippen LogP) is 3.81. The molecular formula is C17H23F3N2O2. The van der Waals surface area contributed by atoms with Crippen LogP contribution in [0.25, 0.3) is 0 Å². The van der Waals surface area contributed by atoms with Gasteiger partial charge in [-0.3, -0.25) is 4.79 Å². The third kappa shape index (κ3) is 4.41. The monoisotopic (exact) mass is 344 g/mol. The summed E-state index contributed by atoms with van der Waals surface area (Å²) in [6, 6.07) is 3.14. The number of alkyl halides is 3. The molecule has 1 saturated carbocycles. The largest absolute Gasteiger partial charge is 0.491 e. The van der Waals surface area contributed by atoms with Gasteiger partial charge in [-0.25, -0.2) is 0 Å². The van der Waals surface area contributed by atoms with Crippen LogP contribution in [-0.4, -0.2) is 19.1 Å². The Morgan fingerprint density at radius 2 is 2.12 bits per heavy atom. The van der Waals surface area contributed by atoms with Gasteiger partial charge in [-0.05, 0) is 49.9 Å². The van der Waals surface area contributed by atoms with Gasteiger partial charge in [0.1, 0.15) is 5.75 Å². The zero-order valence-corrected chi connectivity index (χ0v) is 13.7. The van der Waals surface area contributed by atoms with E-state index in [1.807, 2.05) is 6.92 Å². The molecule has 2 rings (SSSR count). The lowest BCUT2D eigenvalue weighted by atomic mass is 9.95. The molecule has 1 aromatic rings. The maximum atomic E-state index is 12.9. The first-order valence-corrected chi connectivity index (χ1v) is 8.21. The molecule has 2 atom stereocenters. The highest BCUT2D eigenvalue weighted by Crippen LogP contribution is 2.37. The van der Waals surface area contributed by atoms with E-state index in [0.717, 1.165) is 25.0 Å². The fourth-order valence-electron chi connectivity index (χ4n) is 3.03. The Balaban J connectivity index is 2.23. The van der Waals surface area contributed by atoms with E-state index in [-0.39, 0.29) is 29.2 Å². The number of nitrogens with two attached hydrogens (primary N) is 1. The zero-order chi connectivity index (χ0) is 17.7. The number of hydrogen-bond donors (Lipinski definition) is 2. The van der Waals surface area contributed by atoms with Crippen molar-refractivity contribution in [3.05, 3.63) is 23.8 Å². The number of rotatable bonds is 6. The second kappa shape index (κ2) is 7.88. The molecule has 1 amide bonds. The number of anilines is 1. The van der Waals surface area contributed by atoms with Gasteiger partial charge >= 0.3 is 6.18 Å². The second-order valence-corrected chi connectivity index (χ2v) is 6.08. The van der Waals surface area contributed by atoms with Crippen LogP contribution in [0, 0.1) is 11.8 Å². The Labute approximate surface area is 139 Å². The second-order valence-electron chi connectivity index (χ2n) is 6.08. The molecule has 0 spiro atoms. The molecule has 0 aromatic heterocycles. The molecule has 0 radical (unpaired) electrons. The number of halogens is 3. The van der Waals surface area contributed by atoms with Crippen molar-refractivity contribution in [2.24, 2.45) is 17.6 Å². The summed E-state index contributed by atoms with van der Waals surface area (Å²) < 4.78 is 44.3. The Hall–Kier alpha value is -1.76. The first-order chi connectivity index (χ1) is 11.4. The van der Waals surface area contributed by atoms with Crippen LogP contribution in [0.4, 0.5) is 18.9 Å². The topological polar surface area (TPSA) is 64.3 Å². The van der Waals surface area contributed by atoms with Crippen molar-refractivity contribution < 1.29 is 22.7 Å². The molecule has 0 unspecified atom stereocenters. The number of carbonyl (C=O) groups is 1. The molecule has 0 aliphatic heterocycles.